The molecule has 1 aromatic carbocycles. The van der Waals surface area contributed by atoms with Crippen molar-refractivity contribution < 1.29 is 4.21 Å². The van der Waals surface area contributed by atoms with Crippen molar-refractivity contribution in [1.82, 2.24) is 4.72 Å². The van der Waals surface area contributed by atoms with Gasteiger partial charge < -0.3 is 0 Å². The van der Waals surface area contributed by atoms with Crippen LogP contribution in [0, 0.1) is 18.3 Å². The molecule has 2 atom stereocenters. The zero-order chi connectivity index (χ0) is 13.4. The Morgan fingerprint density at radius 3 is 2.56 bits per heavy atom. The monoisotopic (exact) mass is 264 g/mol. The Kier molecular flexibility index (Phi) is 6.63. The van der Waals surface area contributed by atoms with Gasteiger partial charge in [0.15, 0.2) is 0 Å². The number of rotatable bonds is 7. The number of hydrogen-bond donors (Lipinski definition) is 1. The van der Waals surface area contributed by atoms with Gasteiger partial charge >= 0.3 is 0 Å². The molecule has 0 saturated heterocycles. The Labute approximate surface area is 112 Å². The lowest BCUT2D eigenvalue weighted by Gasteiger charge is -2.10. The molecule has 1 rings (SSSR count). The first-order valence-corrected chi connectivity index (χ1v) is 7.46. The Balaban J connectivity index is 2.52. The molecule has 0 saturated carbocycles. The number of unbranched alkanes of at least 4 members (excludes halogenated alkanes) is 2. The molecular formula is C14H20N2OS. The van der Waals surface area contributed by atoms with E-state index in [4.69, 9.17) is 5.26 Å². The van der Waals surface area contributed by atoms with Gasteiger partial charge in [0.25, 0.3) is 0 Å². The van der Waals surface area contributed by atoms with Crippen molar-refractivity contribution in [2.75, 3.05) is 0 Å². The van der Waals surface area contributed by atoms with Gasteiger partial charge in [0.2, 0.25) is 0 Å². The van der Waals surface area contributed by atoms with E-state index >= 15 is 0 Å². The normalized spacial score (nSPS) is 13.8. The van der Waals surface area contributed by atoms with E-state index in [1.165, 1.54) is 0 Å². The number of benzene rings is 1. The molecule has 0 aliphatic carbocycles. The third-order valence-electron chi connectivity index (χ3n) is 2.74. The van der Waals surface area contributed by atoms with E-state index in [0.717, 1.165) is 36.1 Å². The Morgan fingerprint density at radius 1 is 1.33 bits per heavy atom. The van der Waals surface area contributed by atoms with Crippen LogP contribution < -0.4 is 4.72 Å². The summed E-state index contributed by atoms with van der Waals surface area (Å²) in [6.07, 6.45) is 3.98. The van der Waals surface area contributed by atoms with E-state index in [2.05, 4.69) is 17.7 Å². The van der Waals surface area contributed by atoms with Crippen molar-refractivity contribution >= 4 is 11.0 Å². The fraction of sp³-hybridized carbons (Fsp3) is 0.500. The van der Waals surface area contributed by atoms with Crippen molar-refractivity contribution in [2.45, 2.75) is 50.5 Å². The van der Waals surface area contributed by atoms with Crippen molar-refractivity contribution in [1.29, 1.82) is 5.26 Å². The number of nitrogens with zero attached hydrogens (tertiary/aromatic N) is 1. The van der Waals surface area contributed by atoms with Crippen LogP contribution in [0.5, 0.6) is 0 Å². The van der Waals surface area contributed by atoms with Gasteiger partial charge in [-0.25, -0.2) is 8.93 Å². The molecule has 0 unspecified atom stereocenters. The van der Waals surface area contributed by atoms with Crippen LogP contribution in [-0.2, 0) is 11.0 Å². The van der Waals surface area contributed by atoms with Crippen LogP contribution in [-0.4, -0.2) is 10.3 Å². The Morgan fingerprint density at radius 2 is 2.00 bits per heavy atom. The lowest BCUT2D eigenvalue weighted by molar-refractivity contribution is 0.594. The van der Waals surface area contributed by atoms with Crippen LogP contribution in [0.1, 0.15) is 38.2 Å². The predicted octanol–water partition coefficient (Wildman–Crippen LogP) is 3.08. The number of hydrogen-bond acceptors (Lipinski definition) is 2. The highest BCUT2D eigenvalue weighted by molar-refractivity contribution is 7.83. The highest BCUT2D eigenvalue weighted by Gasteiger charge is 2.11. The summed E-state index contributed by atoms with van der Waals surface area (Å²) in [6, 6.07) is 9.35. The molecule has 0 aliphatic heterocycles. The van der Waals surface area contributed by atoms with Crippen LogP contribution in [0.25, 0.3) is 0 Å². The summed E-state index contributed by atoms with van der Waals surface area (Å²) in [5.41, 5.74) is 1.13. The second-order valence-corrected chi connectivity index (χ2v) is 5.62. The van der Waals surface area contributed by atoms with Gasteiger partial charge in [0.05, 0.1) is 11.0 Å². The Bertz CT molecular complexity index is 422. The zero-order valence-corrected chi connectivity index (χ0v) is 11.8. The molecule has 0 fully saturated rings. The number of nitriles is 1. The van der Waals surface area contributed by atoms with Crippen LogP contribution in [0.2, 0.25) is 0 Å². The van der Waals surface area contributed by atoms with Gasteiger partial charge in [-0.1, -0.05) is 43.9 Å². The molecule has 0 spiro atoms. The molecule has 0 heterocycles. The Hall–Kier alpha value is -1.18. The van der Waals surface area contributed by atoms with Crippen LogP contribution in [0.4, 0.5) is 0 Å². The molecule has 0 amide bonds. The molecule has 0 aliphatic rings. The molecule has 98 valence electrons. The molecule has 1 N–H and O–H groups in total. The maximum Gasteiger partial charge on any atom is 0.126 e. The topological polar surface area (TPSA) is 52.9 Å². The van der Waals surface area contributed by atoms with Gasteiger partial charge in [-0.05, 0) is 25.5 Å². The first kappa shape index (κ1) is 14.9. The highest BCUT2D eigenvalue weighted by atomic mass is 32.2. The van der Waals surface area contributed by atoms with Crippen LogP contribution in [0.3, 0.4) is 0 Å². The maximum absolute atomic E-state index is 12.0. The third kappa shape index (κ3) is 4.99. The van der Waals surface area contributed by atoms with Crippen LogP contribution >= 0.6 is 0 Å². The molecule has 0 aromatic heterocycles. The van der Waals surface area contributed by atoms with Gasteiger partial charge in [0.1, 0.15) is 17.0 Å². The SMILES string of the molecule is CCCCC[C@H](C#N)N[S@@](=O)c1ccc(C)cc1. The average molecular weight is 264 g/mol. The van der Waals surface area contributed by atoms with Gasteiger partial charge in [-0.2, -0.15) is 5.26 Å². The first-order chi connectivity index (χ1) is 8.67. The van der Waals surface area contributed by atoms with E-state index < -0.39 is 11.0 Å². The standard InChI is InChI=1S/C14H20N2OS/c1-3-4-5-6-13(11-15)16-18(17)14-9-7-12(2)8-10-14/h7-10,13,16H,3-6H2,1-2H3/t13-,18+/m1/s1. The molecule has 1 aromatic rings. The summed E-state index contributed by atoms with van der Waals surface area (Å²) in [5, 5.41) is 9.02. The minimum atomic E-state index is -1.30. The van der Waals surface area contributed by atoms with E-state index in [1.54, 1.807) is 0 Å². The maximum atomic E-state index is 12.0. The summed E-state index contributed by atoms with van der Waals surface area (Å²) >= 11 is 0. The fourth-order valence-corrected chi connectivity index (χ4v) is 2.56. The molecule has 18 heavy (non-hydrogen) atoms. The molecule has 0 radical (unpaired) electrons. The minimum absolute atomic E-state index is 0.335. The fourth-order valence-electron chi connectivity index (χ4n) is 1.61. The smallest absolute Gasteiger partial charge is 0.126 e. The molecular weight excluding hydrogens is 244 g/mol. The van der Waals surface area contributed by atoms with Crippen molar-refractivity contribution in [3.8, 4) is 6.07 Å². The summed E-state index contributed by atoms with van der Waals surface area (Å²) < 4.78 is 14.9. The van der Waals surface area contributed by atoms with Gasteiger partial charge in [-0.3, -0.25) is 0 Å². The zero-order valence-electron chi connectivity index (χ0n) is 11.0. The third-order valence-corrected chi connectivity index (χ3v) is 3.94. The minimum Gasteiger partial charge on any atom is -0.237 e. The highest BCUT2D eigenvalue weighted by Crippen LogP contribution is 2.09. The van der Waals surface area contributed by atoms with Crippen molar-refractivity contribution in [2.24, 2.45) is 0 Å². The summed E-state index contributed by atoms with van der Waals surface area (Å²) in [4.78, 5) is 0.719. The van der Waals surface area contributed by atoms with Crippen molar-refractivity contribution in [3.05, 3.63) is 29.8 Å². The molecule has 3 nitrogen and oxygen atoms in total. The van der Waals surface area contributed by atoms with Gasteiger partial charge in [0, 0.05) is 0 Å². The largest absolute Gasteiger partial charge is 0.237 e. The van der Waals surface area contributed by atoms with Crippen molar-refractivity contribution in [3.63, 3.8) is 0 Å². The van der Waals surface area contributed by atoms with E-state index in [1.807, 2.05) is 31.2 Å². The van der Waals surface area contributed by atoms with Gasteiger partial charge in [-0.15, -0.1) is 0 Å². The lowest BCUT2D eigenvalue weighted by Crippen LogP contribution is -2.29. The molecule has 4 heteroatoms. The number of nitrogens with one attached hydrogen (secondary N) is 1. The predicted molar refractivity (Wildman–Crippen MR) is 74.3 cm³/mol. The number of aryl methyl sites for hydroxylation is 1. The first-order valence-electron chi connectivity index (χ1n) is 6.31. The van der Waals surface area contributed by atoms with Crippen LogP contribution in [0.15, 0.2) is 29.2 Å². The second kappa shape index (κ2) is 8.02. The lowest BCUT2D eigenvalue weighted by atomic mass is 10.1. The summed E-state index contributed by atoms with van der Waals surface area (Å²) in [6.45, 7) is 4.11. The van der Waals surface area contributed by atoms with E-state index in [-0.39, 0.29) is 6.04 Å². The average Bonchev–Trinajstić information content (AvgIpc) is 2.38. The summed E-state index contributed by atoms with van der Waals surface area (Å²) in [7, 11) is -1.30. The second-order valence-electron chi connectivity index (χ2n) is 4.38. The van der Waals surface area contributed by atoms with E-state index in [9.17, 15) is 4.21 Å². The summed E-state index contributed by atoms with van der Waals surface area (Å²) in [5.74, 6) is 0. The molecule has 0 bridgehead atoms. The quantitative estimate of drug-likeness (QED) is 0.769. The van der Waals surface area contributed by atoms with E-state index in [0.29, 0.717) is 0 Å².